The fraction of sp³-hybridized carbons (Fsp3) is 0.350. The topological polar surface area (TPSA) is 45.0 Å². The molecule has 0 saturated carbocycles. The van der Waals surface area contributed by atoms with Gasteiger partial charge in [0.15, 0.2) is 5.78 Å². The van der Waals surface area contributed by atoms with Gasteiger partial charge in [-0.3, -0.25) is 4.79 Å². The molecule has 0 unspecified atom stereocenters. The normalized spacial score (nSPS) is 13.0. The van der Waals surface area contributed by atoms with Gasteiger partial charge >= 0.3 is 0 Å². The van der Waals surface area contributed by atoms with E-state index in [2.05, 4.69) is 16.1 Å². The summed E-state index contributed by atoms with van der Waals surface area (Å²) in [5, 5.41) is 8.41. The molecular formula is C20H25N3O. The fourth-order valence-electron chi connectivity index (χ4n) is 1.97. The summed E-state index contributed by atoms with van der Waals surface area (Å²) >= 11 is 0. The second-order valence-electron chi connectivity index (χ2n) is 6.59. The van der Waals surface area contributed by atoms with Gasteiger partial charge in [0.1, 0.15) is 5.70 Å². The number of terminal acetylenes is 1. The summed E-state index contributed by atoms with van der Waals surface area (Å²) in [5.41, 5.74) is 2.14. The molecule has 0 aliphatic rings. The summed E-state index contributed by atoms with van der Waals surface area (Å²) in [4.78, 5) is 14.6. The van der Waals surface area contributed by atoms with Crippen molar-refractivity contribution in [1.82, 2.24) is 0 Å². The number of hydrogen-bond donors (Lipinski definition) is 0. The molecule has 24 heavy (non-hydrogen) atoms. The first-order chi connectivity index (χ1) is 11.2. The minimum absolute atomic E-state index is 0.0200. The number of benzene rings is 1. The van der Waals surface area contributed by atoms with Crippen LogP contribution >= 0.6 is 0 Å². The van der Waals surface area contributed by atoms with Crippen molar-refractivity contribution in [3.05, 3.63) is 47.7 Å². The van der Waals surface area contributed by atoms with Crippen LogP contribution in [0.5, 0.6) is 0 Å². The quantitative estimate of drug-likeness (QED) is 0.334. The molecule has 4 nitrogen and oxygen atoms in total. The van der Waals surface area contributed by atoms with Crippen LogP contribution in [0, 0.1) is 17.8 Å². The highest BCUT2D eigenvalue weighted by molar-refractivity contribution is 6.02. The smallest absolute Gasteiger partial charge is 0.170 e. The van der Waals surface area contributed by atoms with Gasteiger partial charge in [0.2, 0.25) is 0 Å². The fourth-order valence-corrected chi connectivity index (χ4v) is 1.97. The summed E-state index contributed by atoms with van der Waals surface area (Å²) in [6.07, 6.45) is 8.58. The highest BCUT2D eigenvalue weighted by Gasteiger charge is 2.26. The Morgan fingerprint density at radius 1 is 1.21 bits per heavy atom. The van der Waals surface area contributed by atoms with Gasteiger partial charge < -0.3 is 4.90 Å². The number of nitrogens with zero attached hydrogens (tertiary/aromatic N) is 3. The Hall–Kier alpha value is -2.67. The third-order valence-electron chi connectivity index (χ3n) is 3.35. The molecule has 126 valence electrons. The number of carbonyl (C=O) groups is 1. The van der Waals surface area contributed by atoms with Gasteiger partial charge in [-0.2, -0.15) is 5.11 Å². The van der Waals surface area contributed by atoms with E-state index in [9.17, 15) is 4.79 Å². The van der Waals surface area contributed by atoms with E-state index in [1.807, 2.05) is 64.0 Å². The van der Waals surface area contributed by atoms with E-state index >= 15 is 0 Å². The Bertz CT molecular complexity index is 709. The zero-order valence-electron chi connectivity index (χ0n) is 15.3. The molecule has 1 aromatic rings. The van der Waals surface area contributed by atoms with Crippen molar-refractivity contribution >= 4 is 17.2 Å². The number of Topliss-reactive ketones (excluding diaryl/α,β-unsaturated/α-hetero) is 1. The average Bonchev–Trinajstić information content (AvgIpc) is 2.52. The van der Waals surface area contributed by atoms with E-state index in [4.69, 9.17) is 6.42 Å². The van der Waals surface area contributed by atoms with Crippen LogP contribution in [0.2, 0.25) is 0 Å². The minimum atomic E-state index is -0.515. The monoisotopic (exact) mass is 323 g/mol. The minimum Gasteiger partial charge on any atom is -0.378 e. The van der Waals surface area contributed by atoms with Gasteiger partial charge in [0.25, 0.3) is 0 Å². The molecule has 0 atom stereocenters. The van der Waals surface area contributed by atoms with Crippen LogP contribution in [0.15, 0.2) is 57.9 Å². The lowest BCUT2D eigenvalue weighted by molar-refractivity contribution is -0.122. The Morgan fingerprint density at radius 3 is 2.21 bits per heavy atom. The van der Waals surface area contributed by atoms with Crippen molar-refractivity contribution < 1.29 is 4.79 Å². The van der Waals surface area contributed by atoms with Gasteiger partial charge in [-0.25, -0.2) is 0 Å². The van der Waals surface area contributed by atoms with Gasteiger partial charge in [-0.1, -0.05) is 32.8 Å². The maximum absolute atomic E-state index is 12.6. The van der Waals surface area contributed by atoms with Gasteiger partial charge in [-0.05, 0) is 31.2 Å². The predicted octanol–water partition coefficient (Wildman–Crippen LogP) is 4.91. The predicted molar refractivity (Wildman–Crippen MR) is 100 cm³/mol. The molecule has 0 spiro atoms. The second kappa shape index (κ2) is 8.26. The maximum atomic E-state index is 12.6. The van der Waals surface area contributed by atoms with Crippen LogP contribution in [0.3, 0.4) is 0 Å². The number of hydrogen-bond acceptors (Lipinski definition) is 4. The molecule has 0 amide bonds. The van der Waals surface area contributed by atoms with Crippen molar-refractivity contribution in [2.45, 2.75) is 27.7 Å². The van der Waals surface area contributed by atoms with Crippen LogP contribution in [0.4, 0.5) is 11.4 Å². The van der Waals surface area contributed by atoms with Crippen molar-refractivity contribution in [2.24, 2.45) is 15.6 Å². The van der Waals surface area contributed by atoms with Crippen LogP contribution in [-0.4, -0.2) is 19.9 Å². The molecule has 0 saturated heterocycles. The van der Waals surface area contributed by atoms with Crippen molar-refractivity contribution in [1.29, 1.82) is 0 Å². The summed E-state index contributed by atoms with van der Waals surface area (Å²) in [6, 6.07) is 7.64. The van der Waals surface area contributed by atoms with Gasteiger partial charge in [0, 0.05) is 36.8 Å². The van der Waals surface area contributed by atoms with E-state index in [0.717, 1.165) is 5.69 Å². The molecule has 1 aromatic carbocycles. The van der Waals surface area contributed by atoms with Crippen LogP contribution in [0.25, 0.3) is 0 Å². The molecule has 0 radical (unpaired) electrons. The molecule has 0 aliphatic heterocycles. The van der Waals surface area contributed by atoms with E-state index in [1.54, 1.807) is 13.0 Å². The number of azo groups is 1. The molecule has 0 heterocycles. The Balaban J connectivity index is 3.12. The number of anilines is 1. The third kappa shape index (κ3) is 5.20. The van der Waals surface area contributed by atoms with Crippen molar-refractivity contribution in [3.8, 4) is 12.3 Å². The molecule has 0 fully saturated rings. The number of allylic oxidation sites excluding steroid dienone is 3. The van der Waals surface area contributed by atoms with Crippen LogP contribution in [-0.2, 0) is 4.79 Å². The lowest BCUT2D eigenvalue weighted by Gasteiger charge is -2.18. The highest BCUT2D eigenvalue weighted by atomic mass is 16.1. The SMILES string of the molecule is C#C/C=C(N=Nc1ccc(N(C)C)cc1)\C(=C/C)C(=O)C(C)(C)C. The summed E-state index contributed by atoms with van der Waals surface area (Å²) < 4.78 is 0. The first kappa shape index (κ1) is 19.4. The largest absolute Gasteiger partial charge is 0.378 e. The summed E-state index contributed by atoms with van der Waals surface area (Å²) in [5.74, 6) is 2.41. The second-order valence-corrected chi connectivity index (χ2v) is 6.59. The molecule has 0 aliphatic carbocycles. The Labute approximate surface area is 145 Å². The number of carbonyl (C=O) groups excluding carboxylic acids is 1. The average molecular weight is 323 g/mol. The standard InChI is InChI=1S/C20H25N3O/c1-8-10-18(17(9-2)19(24)20(3,4)5)22-21-15-11-13-16(14-12-15)23(6)7/h1,9-14H,2-7H3/b17-9+,18-10+,22-21?. The van der Waals surface area contributed by atoms with Crippen LogP contribution < -0.4 is 4.90 Å². The molecule has 0 bridgehead atoms. The van der Waals surface area contributed by atoms with Crippen molar-refractivity contribution in [2.75, 3.05) is 19.0 Å². The zero-order valence-corrected chi connectivity index (χ0v) is 15.3. The lowest BCUT2D eigenvalue weighted by atomic mass is 9.85. The van der Waals surface area contributed by atoms with Crippen LogP contribution in [0.1, 0.15) is 27.7 Å². The van der Waals surface area contributed by atoms with E-state index in [0.29, 0.717) is 17.0 Å². The number of ketones is 1. The number of rotatable bonds is 5. The molecule has 4 heteroatoms. The third-order valence-corrected chi connectivity index (χ3v) is 3.35. The Morgan fingerprint density at radius 2 is 1.79 bits per heavy atom. The zero-order chi connectivity index (χ0) is 18.3. The van der Waals surface area contributed by atoms with Gasteiger partial charge in [0.05, 0.1) is 5.69 Å². The molecule has 0 N–H and O–H groups in total. The Kier molecular flexibility index (Phi) is 6.67. The molecule has 1 rings (SSSR count). The lowest BCUT2D eigenvalue weighted by Crippen LogP contribution is -2.22. The molecular weight excluding hydrogens is 298 g/mol. The van der Waals surface area contributed by atoms with E-state index < -0.39 is 5.41 Å². The first-order valence-corrected chi connectivity index (χ1v) is 7.77. The van der Waals surface area contributed by atoms with Crippen molar-refractivity contribution in [3.63, 3.8) is 0 Å². The van der Waals surface area contributed by atoms with E-state index in [-0.39, 0.29) is 5.78 Å². The summed E-state index contributed by atoms with van der Waals surface area (Å²) in [7, 11) is 3.95. The van der Waals surface area contributed by atoms with E-state index in [1.165, 1.54) is 6.08 Å². The van der Waals surface area contributed by atoms with Gasteiger partial charge in [-0.15, -0.1) is 11.5 Å². The summed E-state index contributed by atoms with van der Waals surface area (Å²) in [6.45, 7) is 7.39. The maximum Gasteiger partial charge on any atom is 0.170 e. The first-order valence-electron chi connectivity index (χ1n) is 7.77. The molecule has 0 aromatic heterocycles. The highest BCUT2D eigenvalue weighted by Crippen LogP contribution is 2.26.